The van der Waals surface area contributed by atoms with Crippen molar-refractivity contribution in [3.63, 3.8) is 0 Å². The zero-order valence-corrected chi connectivity index (χ0v) is 9.20. The molecule has 0 saturated carbocycles. The Morgan fingerprint density at radius 2 is 2.53 bits per heavy atom. The molecule has 0 spiro atoms. The Kier molecular flexibility index (Phi) is 3.38. The average Bonchev–Trinajstić information content (AvgIpc) is 2.66. The monoisotopic (exact) mass is 209 g/mol. The summed E-state index contributed by atoms with van der Waals surface area (Å²) >= 11 is 0. The number of nitrogens with one attached hydrogen (secondary N) is 1. The van der Waals surface area contributed by atoms with Crippen molar-refractivity contribution in [2.75, 3.05) is 6.61 Å². The highest BCUT2D eigenvalue weighted by molar-refractivity contribution is 5.20. The number of rotatable bonds is 3. The van der Waals surface area contributed by atoms with Crippen LogP contribution in [0.1, 0.15) is 43.5 Å². The third-order valence-corrected chi connectivity index (χ3v) is 2.79. The maximum Gasteiger partial charge on any atom is 0.0991 e. The summed E-state index contributed by atoms with van der Waals surface area (Å²) in [7, 11) is 0. The van der Waals surface area contributed by atoms with Crippen molar-refractivity contribution in [3.8, 4) is 0 Å². The summed E-state index contributed by atoms with van der Waals surface area (Å²) in [4.78, 5) is 0. The lowest BCUT2D eigenvalue weighted by Gasteiger charge is -2.22. The van der Waals surface area contributed by atoms with E-state index in [4.69, 9.17) is 10.5 Å². The van der Waals surface area contributed by atoms with E-state index >= 15 is 0 Å². The first-order chi connectivity index (χ1) is 7.27. The van der Waals surface area contributed by atoms with Gasteiger partial charge < -0.3 is 10.5 Å². The van der Waals surface area contributed by atoms with Crippen LogP contribution in [0.2, 0.25) is 0 Å². The first-order valence-corrected chi connectivity index (χ1v) is 5.66. The Morgan fingerprint density at radius 3 is 3.20 bits per heavy atom. The maximum atomic E-state index is 5.80. The SMILES string of the molecule is CC(N)Cc1cn[nH]c1C1CCCCO1. The van der Waals surface area contributed by atoms with Gasteiger partial charge in [-0.2, -0.15) is 5.10 Å². The molecule has 84 valence electrons. The smallest absolute Gasteiger partial charge is 0.0991 e. The molecule has 1 fully saturated rings. The summed E-state index contributed by atoms with van der Waals surface area (Å²) in [5.74, 6) is 0. The molecule has 15 heavy (non-hydrogen) atoms. The number of ether oxygens (including phenoxy) is 1. The van der Waals surface area contributed by atoms with Crippen LogP contribution in [-0.4, -0.2) is 22.8 Å². The summed E-state index contributed by atoms with van der Waals surface area (Å²) in [6.07, 6.45) is 6.44. The molecule has 0 aromatic carbocycles. The lowest BCUT2D eigenvalue weighted by Crippen LogP contribution is -2.20. The van der Waals surface area contributed by atoms with Crippen LogP contribution in [0.5, 0.6) is 0 Å². The van der Waals surface area contributed by atoms with Crippen LogP contribution < -0.4 is 5.73 Å². The zero-order valence-electron chi connectivity index (χ0n) is 9.20. The summed E-state index contributed by atoms with van der Waals surface area (Å²) in [6, 6.07) is 0.171. The molecule has 1 aliphatic heterocycles. The molecule has 3 N–H and O–H groups in total. The lowest BCUT2D eigenvalue weighted by molar-refractivity contribution is 0.0117. The van der Waals surface area contributed by atoms with E-state index in [0.717, 1.165) is 25.1 Å². The topological polar surface area (TPSA) is 63.9 Å². The molecule has 0 bridgehead atoms. The van der Waals surface area contributed by atoms with E-state index in [2.05, 4.69) is 10.2 Å². The Labute approximate surface area is 90.2 Å². The standard InChI is InChI=1S/C11H19N3O/c1-8(12)6-9-7-13-14-11(9)10-4-2-3-5-15-10/h7-8,10H,2-6,12H2,1H3,(H,13,14). The normalized spacial score (nSPS) is 24.0. The van der Waals surface area contributed by atoms with Crippen molar-refractivity contribution in [2.24, 2.45) is 5.73 Å². The van der Waals surface area contributed by atoms with Crippen LogP contribution in [0.3, 0.4) is 0 Å². The number of nitrogens with two attached hydrogens (primary N) is 1. The molecule has 1 aromatic rings. The van der Waals surface area contributed by atoms with E-state index in [1.165, 1.54) is 18.4 Å². The largest absolute Gasteiger partial charge is 0.372 e. The average molecular weight is 209 g/mol. The van der Waals surface area contributed by atoms with Crippen LogP contribution in [-0.2, 0) is 11.2 Å². The van der Waals surface area contributed by atoms with Crippen molar-refractivity contribution in [3.05, 3.63) is 17.5 Å². The predicted octanol–water partition coefficient (Wildman–Crippen LogP) is 1.54. The van der Waals surface area contributed by atoms with Crippen LogP contribution in [0.4, 0.5) is 0 Å². The number of H-pyrrole nitrogens is 1. The molecule has 4 nitrogen and oxygen atoms in total. The molecule has 1 saturated heterocycles. The highest BCUT2D eigenvalue weighted by Gasteiger charge is 2.20. The number of nitrogens with zero attached hydrogens (tertiary/aromatic N) is 1. The van der Waals surface area contributed by atoms with Crippen molar-refractivity contribution in [2.45, 2.75) is 44.8 Å². The van der Waals surface area contributed by atoms with Gasteiger partial charge in [0.15, 0.2) is 0 Å². The molecule has 2 heterocycles. The molecule has 2 unspecified atom stereocenters. The fourth-order valence-electron chi connectivity index (χ4n) is 2.08. The van der Waals surface area contributed by atoms with Gasteiger partial charge in [0.25, 0.3) is 0 Å². The number of hydrogen-bond acceptors (Lipinski definition) is 3. The molecular formula is C11H19N3O. The minimum Gasteiger partial charge on any atom is -0.372 e. The second kappa shape index (κ2) is 4.77. The summed E-state index contributed by atoms with van der Waals surface area (Å²) in [5.41, 5.74) is 8.14. The molecule has 4 heteroatoms. The van der Waals surface area contributed by atoms with Gasteiger partial charge in [-0.25, -0.2) is 0 Å². The summed E-state index contributed by atoms with van der Waals surface area (Å²) < 4.78 is 5.73. The molecule has 0 aliphatic carbocycles. The molecular weight excluding hydrogens is 190 g/mol. The number of aromatic amines is 1. The lowest BCUT2D eigenvalue weighted by atomic mass is 10.0. The Morgan fingerprint density at radius 1 is 1.67 bits per heavy atom. The second-order valence-corrected chi connectivity index (χ2v) is 4.35. The van der Waals surface area contributed by atoms with E-state index in [-0.39, 0.29) is 12.1 Å². The predicted molar refractivity (Wildman–Crippen MR) is 58.5 cm³/mol. The maximum absolute atomic E-state index is 5.80. The minimum absolute atomic E-state index is 0.171. The van der Waals surface area contributed by atoms with Crippen molar-refractivity contribution < 1.29 is 4.74 Å². The Hall–Kier alpha value is -0.870. The van der Waals surface area contributed by atoms with Crippen molar-refractivity contribution >= 4 is 0 Å². The number of aromatic nitrogens is 2. The van der Waals surface area contributed by atoms with Gasteiger partial charge in [-0.3, -0.25) is 5.10 Å². The van der Waals surface area contributed by atoms with Gasteiger partial charge in [-0.1, -0.05) is 0 Å². The Bertz CT molecular complexity index is 303. The van der Waals surface area contributed by atoms with E-state index in [9.17, 15) is 0 Å². The second-order valence-electron chi connectivity index (χ2n) is 4.35. The van der Waals surface area contributed by atoms with Crippen molar-refractivity contribution in [1.29, 1.82) is 0 Å². The Balaban J connectivity index is 2.09. The highest BCUT2D eigenvalue weighted by atomic mass is 16.5. The fourth-order valence-corrected chi connectivity index (χ4v) is 2.08. The molecule has 0 amide bonds. The molecule has 2 rings (SSSR count). The first-order valence-electron chi connectivity index (χ1n) is 5.66. The van der Waals surface area contributed by atoms with E-state index in [0.29, 0.717) is 0 Å². The van der Waals surface area contributed by atoms with E-state index < -0.39 is 0 Å². The van der Waals surface area contributed by atoms with Crippen molar-refractivity contribution in [1.82, 2.24) is 10.2 Å². The van der Waals surface area contributed by atoms with Crippen LogP contribution in [0.15, 0.2) is 6.20 Å². The van der Waals surface area contributed by atoms with Gasteiger partial charge in [-0.05, 0) is 38.2 Å². The van der Waals surface area contributed by atoms with Crippen LogP contribution in [0.25, 0.3) is 0 Å². The highest BCUT2D eigenvalue weighted by Crippen LogP contribution is 2.28. The summed E-state index contributed by atoms with van der Waals surface area (Å²) in [5, 5.41) is 7.14. The van der Waals surface area contributed by atoms with E-state index in [1.807, 2.05) is 13.1 Å². The van der Waals surface area contributed by atoms with Gasteiger partial charge >= 0.3 is 0 Å². The van der Waals surface area contributed by atoms with Gasteiger partial charge in [0.1, 0.15) is 0 Å². The van der Waals surface area contributed by atoms with Crippen LogP contribution in [0, 0.1) is 0 Å². The zero-order chi connectivity index (χ0) is 10.7. The van der Waals surface area contributed by atoms with Crippen LogP contribution >= 0.6 is 0 Å². The van der Waals surface area contributed by atoms with Gasteiger partial charge in [-0.15, -0.1) is 0 Å². The van der Waals surface area contributed by atoms with E-state index in [1.54, 1.807) is 0 Å². The fraction of sp³-hybridized carbons (Fsp3) is 0.727. The molecule has 1 aliphatic rings. The number of hydrogen-bond donors (Lipinski definition) is 2. The minimum atomic E-state index is 0.171. The molecule has 0 radical (unpaired) electrons. The quantitative estimate of drug-likeness (QED) is 0.793. The third-order valence-electron chi connectivity index (χ3n) is 2.79. The first kappa shape index (κ1) is 10.6. The van der Waals surface area contributed by atoms with Gasteiger partial charge in [0, 0.05) is 12.6 Å². The molecule has 1 aromatic heterocycles. The molecule has 2 atom stereocenters. The van der Waals surface area contributed by atoms with Gasteiger partial charge in [0.2, 0.25) is 0 Å². The summed E-state index contributed by atoms with van der Waals surface area (Å²) in [6.45, 7) is 2.87. The van der Waals surface area contributed by atoms with Gasteiger partial charge in [0.05, 0.1) is 18.0 Å². The third kappa shape index (κ3) is 2.58.